The largest absolute Gasteiger partial charge is 0.444 e. The third kappa shape index (κ3) is 2.45. The lowest BCUT2D eigenvalue weighted by atomic mass is 10.4. The number of rotatable bonds is 4. The van der Waals surface area contributed by atoms with E-state index in [1.165, 1.54) is 0 Å². The lowest BCUT2D eigenvalue weighted by Crippen LogP contribution is -2.10. The minimum atomic E-state index is 0.409. The molecule has 0 fully saturated rings. The fourth-order valence-electron chi connectivity index (χ4n) is 1.12. The molecular formula is C9H10BrN3O2. The summed E-state index contributed by atoms with van der Waals surface area (Å²) in [6, 6.07) is 3.56. The first-order valence-corrected chi connectivity index (χ1v) is 5.31. The summed E-state index contributed by atoms with van der Waals surface area (Å²) in [7, 11) is 1.88. The monoisotopic (exact) mass is 271 g/mol. The lowest BCUT2D eigenvalue weighted by Gasteiger charge is -1.91. The maximum atomic E-state index is 5.41. The van der Waals surface area contributed by atoms with Gasteiger partial charge in [0.15, 0.2) is 10.4 Å². The summed E-state index contributed by atoms with van der Waals surface area (Å²) in [5.41, 5.74) is 0. The molecule has 0 bridgehead atoms. The molecule has 0 saturated heterocycles. The number of halogens is 1. The van der Waals surface area contributed by atoms with Gasteiger partial charge in [-0.05, 0) is 35.1 Å². The molecule has 0 unspecified atom stereocenters. The minimum absolute atomic E-state index is 0.409. The van der Waals surface area contributed by atoms with Crippen molar-refractivity contribution < 1.29 is 8.83 Å². The van der Waals surface area contributed by atoms with E-state index in [1.807, 2.05) is 7.05 Å². The quantitative estimate of drug-likeness (QED) is 0.920. The predicted molar refractivity (Wildman–Crippen MR) is 57.3 cm³/mol. The van der Waals surface area contributed by atoms with E-state index in [0.717, 1.165) is 6.54 Å². The van der Waals surface area contributed by atoms with Crippen LogP contribution in [0.15, 0.2) is 25.6 Å². The van der Waals surface area contributed by atoms with Crippen LogP contribution in [0.25, 0.3) is 11.7 Å². The van der Waals surface area contributed by atoms with Gasteiger partial charge in [0.25, 0.3) is 5.89 Å². The maximum Gasteiger partial charge on any atom is 0.283 e. The summed E-state index contributed by atoms with van der Waals surface area (Å²) in [4.78, 5) is 0. The van der Waals surface area contributed by atoms with Crippen LogP contribution in [0.2, 0.25) is 0 Å². The van der Waals surface area contributed by atoms with E-state index in [2.05, 4.69) is 31.4 Å². The highest BCUT2D eigenvalue weighted by atomic mass is 79.9. The van der Waals surface area contributed by atoms with Crippen LogP contribution in [0.5, 0.6) is 0 Å². The summed E-state index contributed by atoms with van der Waals surface area (Å²) in [6.45, 7) is 0.809. The van der Waals surface area contributed by atoms with Crippen molar-refractivity contribution in [2.45, 2.75) is 6.42 Å². The van der Waals surface area contributed by atoms with Crippen molar-refractivity contribution in [3.63, 3.8) is 0 Å². The lowest BCUT2D eigenvalue weighted by molar-refractivity contribution is 0.471. The van der Waals surface area contributed by atoms with Gasteiger partial charge >= 0.3 is 0 Å². The second-order valence-corrected chi connectivity index (χ2v) is 3.74. The molecule has 0 saturated carbocycles. The Kier molecular flexibility index (Phi) is 3.17. The summed E-state index contributed by atoms with van der Waals surface area (Å²) in [6.07, 6.45) is 0.714. The molecule has 1 N–H and O–H groups in total. The Morgan fingerprint density at radius 2 is 2.20 bits per heavy atom. The molecule has 0 aromatic carbocycles. The van der Waals surface area contributed by atoms with Crippen LogP contribution in [-0.2, 0) is 6.42 Å². The van der Waals surface area contributed by atoms with E-state index >= 15 is 0 Å². The summed E-state index contributed by atoms with van der Waals surface area (Å²) >= 11 is 3.21. The van der Waals surface area contributed by atoms with Gasteiger partial charge in [0.2, 0.25) is 5.89 Å². The first-order chi connectivity index (χ1) is 7.29. The molecule has 15 heavy (non-hydrogen) atoms. The summed E-state index contributed by atoms with van der Waals surface area (Å²) in [5, 5.41) is 10.8. The van der Waals surface area contributed by atoms with Gasteiger partial charge in [-0.25, -0.2) is 0 Å². The maximum absolute atomic E-state index is 5.41. The average Bonchev–Trinajstić information content (AvgIpc) is 2.83. The number of nitrogens with zero attached hydrogens (tertiary/aromatic N) is 2. The smallest absolute Gasteiger partial charge is 0.283 e. The van der Waals surface area contributed by atoms with E-state index in [-0.39, 0.29) is 0 Å². The first kappa shape index (κ1) is 10.4. The molecule has 6 heteroatoms. The molecule has 80 valence electrons. The van der Waals surface area contributed by atoms with Gasteiger partial charge in [-0.15, -0.1) is 10.2 Å². The van der Waals surface area contributed by atoms with Crippen molar-refractivity contribution in [1.29, 1.82) is 0 Å². The van der Waals surface area contributed by atoms with Crippen LogP contribution in [0.4, 0.5) is 0 Å². The number of hydrogen-bond acceptors (Lipinski definition) is 5. The molecule has 2 rings (SSSR count). The number of hydrogen-bond donors (Lipinski definition) is 1. The van der Waals surface area contributed by atoms with Gasteiger partial charge in [-0.3, -0.25) is 0 Å². The van der Waals surface area contributed by atoms with Crippen molar-refractivity contribution in [2.24, 2.45) is 0 Å². The molecule has 5 nitrogen and oxygen atoms in total. The van der Waals surface area contributed by atoms with Gasteiger partial charge in [-0.2, -0.15) is 0 Å². The zero-order valence-corrected chi connectivity index (χ0v) is 9.74. The van der Waals surface area contributed by atoms with Gasteiger partial charge in [0.1, 0.15) is 0 Å². The van der Waals surface area contributed by atoms with Crippen LogP contribution in [0.3, 0.4) is 0 Å². The molecule has 2 heterocycles. The summed E-state index contributed by atoms with van der Waals surface area (Å²) < 4.78 is 11.3. The first-order valence-electron chi connectivity index (χ1n) is 4.52. The minimum Gasteiger partial charge on any atom is -0.444 e. The molecular weight excluding hydrogens is 262 g/mol. The number of nitrogens with one attached hydrogen (secondary N) is 1. The van der Waals surface area contributed by atoms with E-state index in [1.54, 1.807) is 12.1 Å². The highest BCUT2D eigenvalue weighted by Gasteiger charge is 2.11. The van der Waals surface area contributed by atoms with Gasteiger partial charge in [-0.1, -0.05) is 0 Å². The van der Waals surface area contributed by atoms with E-state index < -0.39 is 0 Å². The fourth-order valence-corrected chi connectivity index (χ4v) is 1.42. The second-order valence-electron chi connectivity index (χ2n) is 2.96. The zero-order valence-electron chi connectivity index (χ0n) is 8.16. The number of furan rings is 1. The Hall–Kier alpha value is -1.14. The van der Waals surface area contributed by atoms with E-state index in [9.17, 15) is 0 Å². The van der Waals surface area contributed by atoms with Crippen LogP contribution < -0.4 is 5.32 Å². The Morgan fingerprint density at radius 3 is 2.87 bits per heavy atom. The Bertz CT molecular complexity index is 438. The Balaban J connectivity index is 2.13. The normalized spacial score (nSPS) is 10.8. The second kappa shape index (κ2) is 4.59. The molecule has 0 aliphatic rings. The van der Waals surface area contributed by atoms with Crippen molar-refractivity contribution >= 4 is 15.9 Å². The van der Waals surface area contributed by atoms with Crippen LogP contribution in [0, 0.1) is 0 Å². The fraction of sp³-hybridized carbons (Fsp3) is 0.333. The van der Waals surface area contributed by atoms with Crippen molar-refractivity contribution in [3.8, 4) is 11.7 Å². The predicted octanol–water partition coefficient (Wildman–Crippen LogP) is 1.85. The Morgan fingerprint density at radius 1 is 1.33 bits per heavy atom. The highest BCUT2D eigenvalue weighted by Crippen LogP contribution is 2.23. The molecule has 0 aliphatic carbocycles. The van der Waals surface area contributed by atoms with Gasteiger partial charge < -0.3 is 14.2 Å². The number of aromatic nitrogens is 2. The average molecular weight is 272 g/mol. The van der Waals surface area contributed by atoms with Gasteiger partial charge in [0.05, 0.1) is 0 Å². The Labute approximate surface area is 95.0 Å². The molecule has 0 spiro atoms. The highest BCUT2D eigenvalue weighted by molar-refractivity contribution is 9.10. The van der Waals surface area contributed by atoms with Crippen molar-refractivity contribution in [2.75, 3.05) is 13.6 Å². The third-order valence-electron chi connectivity index (χ3n) is 1.84. The molecule has 0 amide bonds. The molecule has 0 radical (unpaired) electrons. The van der Waals surface area contributed by atoms with Crippen molar-refractivity contribution in [3.05, 3.63) is 22.7 Å². The molecule has 2 aromatic rings. The van der Waals surface area contributed by atoms with E-state index in [0.29, 0.717) is 28.6 Å². The molecule has 0 atom stereocenters. The third-order valence-corrected chi connectivity index (χ3v) is 2.27. The standard InChI is InChI=1S/C9H10BrN3O2/c1-11-5-4-8-12-13-9(15-8)6-2-3-7(10)14-6/h2-3,11H,4-5H2,1H3. The van der Waals surface area contributed by atoms with E-state index in [4.69, 9.17) is 8.83 Å². The topological polar surface area (TPSA) is 64.1 Å². The SMILES string of the molecule is CNCCc1nnc(-c2ccc(Br)o2)o1. The number of likely N-dealkylation sites (N-methyl/N-ethyl adjacent to an activating group) is 1. The molecule has 2 aromatic heterocycles. The summed E-state index contributed by atoms with van der Waals surface area (Å²) in [5.74, 6) is 1.59. The van der Waals surface area contributed by atoms with Crippen molar-refractivity contribution in [1.82, 2.24) is 15.5 Å². The van der Waals surface area contributed by atoms with Gasteiger partial charge in [0, 0.05) is 13.0 Å². The van der Waals surface area contributed by atoms with Crippen LogP contribution >= 0.6 is 15.9 Å². The van der Waals surface area contributed by atoms with Crippen LogP contribution in [-0.4, -0.2) is 23.8 Å². The molecule has 0 aliphatic heterocycles. The zero-order chi connectivity index (χ0) is 10.7. The van der Waals surface area contributed by atoms with Crippen LogP contribution in [0.1, 0.15) is 5.89 Å².